The lowest BCUT2D eigenvalue weighted by molar-refractivity contribution is 0.0594. The number of ether oxygens (including phenoxy) is 1. The number of anilines is 1. The zero-order chi connectivity index (χ0) is 14.0. The molecule has 0 saturated heterocycles. The molecule has 0 amide bonds. The Labute approximate surface area is 109 Å². The van der Waals surface area contributed by atoms with E-state index in [4.69, 9.17) is 0 Å². The van der Waals surface area contributed by atoms with E-state index in [1.165, 1.54) is 6.07 Å². The first-order chi connectivity index (χ1) is 9.04. The number of aliphatic hydroxyl groups excluding tert-OH is 1. The van der Waals surface area contributed by atoms with Crippen LogP contribution >= 0.6 is 0 Å². The average Bonchev–Trinajstić information content (AvgIpc) is 3.23. The lowest BCUT2D eigenvalue weighted by atomic mass is 10.1. The highest BCUT2D eigenvalue weighted by Crippen LogP contribution is 2.32. The van der Waals surface area contributed by atoms with Crippen LogP contribution in [-0.4, -0.2) is 30.8 Å². The van der Waals surface area contributed by atoms with E-state index in [0.717, 1.165) is 26.0 Å². The number of aliphatic hydroxyl groups is 1. The third-order valence-electron chi connectivity index (χ3n) is 3.16. The Morgan fingerprint density at radius 1 is 1.47 bits per heavy atom. The molecule has 1 atom stereocenters. The SMILES string of the molecule is COC(=O)c1ccc(NCC(O)C2CC2)c(F)c1F. The van der Waals surface area contributed by atoms with Crippen LogP contribution in [0.4, 0.5) is 14.5 Å². The molecular formula is C13H15F2NO3. The molecule has 1 unspecified atom stereocenters. The van der Waals surface area contributed by atoms with Gasteiger partial charge in [-0.3, -0.25) is 0 Å². The molecule has 1 aliphatic rings. The van der Waals surface area contributed by atoms with Crippen molar-refractivity contribution in [3.8, 4) is 0 Å². The highest BCUT2D eigenvalue weighted by Gasteiger charge is 2.29. The van der Waals surface area contributed by atoms with Gasteiger partial charge in [-0.25, -0.2) is 13.6 Å². The molecule has 1 fully saturated rings. The summed E-state index contributed by atoms with van der Waals surface area (Å²) >= 11 is 0. The monoisotopic (exact) mass is 271 g/mol. The van der Waals surface area contributed by atoms with Crippen LogP contribution in [0.25, 0.3) is 0 Å². The number of carbonyl (C=O) groups excluding carboxylic acids is 1. The summed E-state index contributed by atoms with van der Waals surface area (Å²) in [7, 11) is 1.10. The van der Waals surface area contributed by atoms with Crippen molar-refractivity contribution in [1.29, 1.82) is 0 Å². The summed E-state index contributed by atoms with van der Waals surface area (Å²) < 4.78 is 31.7. The van der Waals surface area contributed by atoms with E-state index in [0.29, 0.717) is 0 Å². The van der Waals surface area contributed by atoms with E-state index in [1.54, 1.807) is 0 Å². The number of esters is 1. The fourth-order valence-corrected chi connectivity index (χ4v) is 1.82. The molecule has 2 N–H and O–H groups in total. The first-order valence-electron chi connectivity index (χ1n) is 6.02. The van der Waals surface area contributed by atoms with Gasteiger partial charge in [0, 0.05) is 6.54 Å². The van der Waals surface area contributed by atoms with E-state index < -0.39 is 29.3 Å². The van der Waals surface area contributed by atoms with Crippen LogP contribution < -0.4 is 5.32 Å². The number of rotatable bonds is 5. The van der Waals surface area contributed by atoms with E-state index >= 15 is 0 Å². The molecule has 19 heavy (non-hydrogen) atoms. The number of benzene rings is 1. The van der Waals surface area contributed by atoms with Crippen molar-refractivity contribution >= 4 is 11.7 Å². The van der Waals surface area contributed by atoms with Gasteiger partial charge in [-0.05, 0) is 30.9 Å². The maximum absolute atomic E-state index is 13.7. The lowest BCUT2D eigenvalue weighted by Crippen LogP contribution is -2.22. The zero-order valence-electron chi connectivity index (χ0n) is 10.5. The highest BCUT2D eigenvalue weighted by molar-refractivity contribution is 5.90. The van der Waals surface area contributed by atoms with E-state index in [-0.39, 0.29) is 18.2 Å². The van der Waals surface area contributed by atoms with Crippen LogP contribution in [-0.2, 0) is 4.74 Å². The molecule has 1 aliphatic carbocycles. The second-order valence-electron chi connectivity index (χ2n) is 4.57. The molecule has 1 aromatic carbocycles. The first-order valence-corrected chi connectivity index (χ1v) is 6.02. The second-order valence-corrected chi connectivity index (χ2v) is 4.57. The van der Waals surface area contributed by atoms with Crippen molar-refractivity contribution in [2.24, 2.45) is 5.92 Å². The van der Waals surface area contributed by atoms with Crippen LogP contribution in [0.5, 0.6) is 0 Å². The van der Waals surface area contributed by atoms with Crippen molar-refractivity contribution in [1.82, 2.24) is 0 Å². The van der Waals surface area contributed by atoms with E-state index in [2.05, 4.69) is 10.1 Å². The van der Waals surface area contributed by atoms with Gasteiger partial charge in [-0.15, -0.1) is 0 Å². The van der Waals surface area contributed by atoms with E-state index in [1.807, 2.05) is 0 Å². The number of hydrogen-bond acceptors (Lipinski definition) is 4. The normalized spacial score (nSPS) is 16.0. The molecule has 2 rings (SSSR count). The first kappa shape index (κ1) is 13.7. The molecule has 0 spiro atoms. The van der Waals surface area contributed by atoms with Crippen LogP contribution in [0.2, 0.25) is 0 Å². The Morgan fingerprint density at radius 3 is 2.74 bits per heavy atom. The maximum Gasteiger partial charge on any atom is 0.340 e. The predicted molar refractivity (Wildman–Crippen MR) is 64.9 cm³/mol. The lowest BCUT2D eigenvalue weighted by Gasteiger charge is -2.13. The molecule has 6 heteroatoms. The smallest absolute Gasteiger partial charge is 0.340 e. The van der Waals surface area contributed by atoms with E-state index in [9.17, 15) is 18.7 Å². The van der Waals surface area contributed by atoms with Gasteiger partial charge in [0.1, 0.15) is 0 Å². The minimum Gasteiger partial charge on any atom is -0.465 e. The zero-order valence-corrected chi connectivity index (χ0v) is 10.5. The molecule has 0 radical (unpaired) electrons. The van der Waals surface area contributed by atoms with Crippen molar-refractivity contribution in [2.45, 2.75) is 18.9 Å². The molecule has 0 aromatic heterocycles. The Balaban J connectivity index is 2.09. The summed E-state index contributed by atoms with van der Waals surface area (Å²) in [5, 5.41) is 12.3. The fourth-order valence-electron chi connectivity index (χ4n) is 1.82. The third kappa shape index (κ3) is 3.01. The van der Waals surface area contributed by atoms with Gasteiger partial charge in [0.15, 0.2) is 11.6 Å². The number of carbonyl (C=O) groups is 1. The number of methoxy groups -OCH3 is 1. The molecule has 1 aromatic rings. The van der Waals surface area contributed by atoms with Gasteiger partial charge in [-0.1, -0.05) is 0 Å². The Morgan fingerprint density at radius 2 is 2.16 bits per heavy atom. The maximum atomic E-state index is 13.7. The summed E-state index contributed by atoms with van der Waals surface area (Å²) in [5.41, 5.74) is -0.529. The van der Waals surface area contributed by atoms with Gasteiger partial charge in [0.2, 0.25) is 0 Å². The molecular weight excluding hydrogens is 256 g/mol. The second kappa shape index (κ2) is 5.52. The van der Waals surface area contributed by atoms with Gasteiger partial charge in [0.05, 0.1) is 24.5 Å². The minimum absolute atomic E-state index is 0.0788. The van der Waals surface area contributed by atoms with Crippen molar-refractivity contribution < 1.29 is 23.4 Å². The van der Waals surface area contributed by atoms with Gasteiger partial charge < -0.3 is 15.2 Å². The van der Waals surface area contributed by atoms with Crippen molar-refractivity contribution in [3.05, 3.63) is 29.3 Å². The standard InChI is InChI=1S/C13H15F2NO3/c1-19-13(18)8-4-5-9(12(15)11(8)14)16-6-10(17)7-2-3-7/h4-5,7,10,16-17H,2-3,6H2,1H3. The summed E-state index contributed by atoms with van der Waals surface area (Å²) in [4.78, 5) is 11.2. The Hall–Kier alpha value is -1.69. The number of nitrogens with one attached hydrogen (secondary N) is 1. The molecule has 1 saturated carbocycles. The van der Waals surface area contributed by atoms with Gasteiger partial charge in [0.25, 0.3) is 0 Å². The Bertz CT molecular complexity index is 489. The van der Waals surface area contributed by atoms with Crippen LogP contribution in [0.1, 0.15) is 23.2 Å². The van der Waals surface area contributed by atoms with Gasteiger partial charge >= 0.3 is 5.97 Å². The van der Waals surface area contributed by atoms with Crippen LogP contribution in [0, 0.1) is 17.6 Å². The average molecular weight is 271 g/mol. The highest BCUT2D eigenvalue weighted by atomic mass is 19.2. The summed E-state index contributed by atoms with van der Waals surface area (Å²) in [6.45, 7) is 0.151. The Kier molecular flexibility index (Phi) is 3.99. The third-order valence-corrected chi connectivity index (χ3v) is 3.16. The summed E-state index contributed by atoms with van der Waals surface area (Å²) in [6.07, 6.45) is 1.35. The van der Waals surface area contributed by atoms with Crippen molar-refractivity contribution in [3.63, 3.8) is 0 Å². The summed E-state index contributed by atoms with van der Waals surface area (Å²) in [6, 6.07) is 2.40. The number of hydrogen-bond donors (Lipinski definition) is 2. The molecule has 4 nitrogen and oxygen atoms in total. The molecule has 0 heterocycles. The van der Waals surface area contributed by atoms with Gasteiger partial charge in [-0.2, -0.15) is 0 Å². The largest absolute Gasteiger partial charge is 0.465 e. The molecule has 0 aliphatic heterocycles. The minimum atomic E-state index is -1.25. The topological polar surface area (TPSA) is 58.6 Å². The fraction of sp³-hybridized carbons (Fsp3) is 0.462. The molecule has 0 bridgehead atoms. The van der Waals surface area contributed by atoms with Crippen LogP contribution in [0.15, 0.2) is 12.1 Å². The molecule has 104 valence electrons. The van der Waals surface area contributed by atoms with Crippen molar-refractivity contribution in [2.75, 3.05) is 19.0 Å². The predicted octanol–water partition coefficient (Wildman–Crippen LogP) is 1.93. The van der Waals surface area contributed by atoms with Crippen LogP contribution in [0.3, 0.4) is 0 Å². The summed E-state index contributed by atoms with van der Waals surface area (Å²) in [5.74, 6) is -3.08. The number of halogens is 2. The quantitative estimate of drug-likeness (QED) is 0.803.